The van der Waals surface area contributed by atoms with E-state index in [-0.39, 0.29) is 11.5 Å². The highest BCUT2D eigenvalue weighted by Gasteiger charge is 2.23. The number of hydrogen-bond acceptors (Lipinski definition) is 4. The van der Waals surface area contributed by atoms with E-state index in [1.54, 1.807) is 6.92 Å². The molecule has 1 aromatic carbocycles. The molecule has 1 aliphatic rings. The number of rotatable bonds is 4. The van der Waals surface area contributed by atoms with Crippen LogP contribution in [0.4, 0.5) is 11.4 Å². The van der Waals surface area contributed by atoms with Gasteiger partial charge in [-0.2, -0.15) is 0 Å². The molecule has 0 aliphatic carbocycles. The summed E-state index contributed by atoms with van der Waals surface area (Å²) in [6.45, 7) is 5.23. The van der Waals surface area contributed by atoms with Crippen molar-refractivity contribution in [3.63, 3.8) is 0 Å². The molecule has 0 aromatic heterocycles. The van der Waals surface area contributed by atoms with Gasteiger partial charge in [-0.3, -0.25) is 0 Å². The minimum atomic E-state index is -2.91. The normalized spacial score (nSPS) is 19.2. The molecule has 0 saturated heterocycles. The fraction of sp³-hybridized carbons (Fsp3) is 0.538. The Kier molecular flexibility index (Phi) is 3.80. The molecule has 1 aromatic rings. The Bertz CT molecular complexity index is 513. The minimum Gasteiger partial charge on any atom is -0.381 e. The first-order valence-corrected chi connectivity index (χ1v) is 8.15. The quantitative estimate of drug-likeness (QED) is 0.903. The maximum atomic E-state index is 11.6. The number of hydrogen-bond donors (Lipinski definition) is 1. The highest BCUT2D eigenvalue weighted by molar-refractivity contribution is 7.91. The second-order valence-corrected chi connectivity index (χ2v) is 7.15. The predicted molar refractivity (Wildman–Crippen MR) is 76.1 cm³/mol. The lowest BCUT2D eigenvalue weighted by Gasteiger charge is -2.37. The molecule has 1 atom stereocenters. The van der Waals surface area contributed by atoms with Crippen molar-refractivity contribution in [3.05, 3.63) is 24.3 Å². The summed E-state index contributed by atoms with van der Waals surface area (Å²) in [5.41, 5.74) is 2.19. The lowest BCUT2D eigenvalue weighted by Crippen LogP contribution is -2.44. The van der Waals surface area contributed by atoms with Gasteiger partial charge in [0.2, 0.25) is 0 Å². The van der Waals surface area contributed by atoms with Crippen molar-refractivity contribution in [2.24, 2.45) is 0 Å². The molecule has 18 heavy (non-hydrogen) atoms. The van der Waals surface area contributed by atoms with Crippen molar-refractivity contribution in [1.82, 2.24) is 0 Å². The number of anilines is 2. The largest absolute Gasteiger partial charge is 0.381 e. The third kappa shape index (κ3) is 2.77. The molecule has 2 rings (SSSR count). The van der Waals surface area contributed by atoms with Crippen LogP contribution in [0.2, 0.25) is 0 Å². The Morgan fingerprint density at radius 3 is 2.83 bits per heavy atom. The van der Waals surface area contributed by atoms with Crippen LogP contribution >= 0.6 is 0 Å². The van der Waals surface area contributed by atoms with Gasteiger partial charge >= 0.3 is 0 Å². The van der Waals surface area contributed by atoms with Gasteiger partial charge in [-0.05, 0) is 19.1 Å². The molecule has 4 nitrogen and oxygen atoms in total. The second kappa shape index (κ2) is 5.18. The van der Waals surface area contributed by atoms with Crippen LogP contribution in [0, 0.1) is 0 Å². The molecule has 1 N–H and O–H groups in total. The molecule has 0 saturated carbocycles. The van der Waals surface area contributed by atoms with Gasteiger partial charge in [0.15, 0.2) is 9.84 Å². The van der Waals surface area contributed by atoms with Crippen molar-refractivity contribution in [1.29, 1.82) is 0 Å². The third-order valence-corrected chi connectivity index (χ3v) is 5.10. The van der Waals surface area contributed by atoms with Crippen LogP contribution in [0.5, 0.6) is 0 Å². The maximum Gasteiger partial charge on any atom is 0.151 e. The van der Waals surface area contributed by atoms with Gasteiger partial charge in [0.25, 0.3) is 0 Å². The van der Waals surface area contributed by atoms with Crippen molar-refractivity contribution in [3.8, 4) is 0 Å². The van der Waals surface area contributed by atoms with E-state index in [1.165, 1.54) is 0 Å². The Hall–Kier alpha value is -1.23. The molecular weight excluding hydrogens is 248 g/mol. The van der Waals surface area contributed by atoms with Crippen LogP contribution in [0.3, 0.4) is 0 Å². The molecule has 0 amide bonds. The summed E-state index contributed by atoms with van der Waals surface area (Å²) in [7, 11) is -2.91. The second-order valence-electron chi connectivity index (χ2n) is 4.68. The zero-order valence-electron chi connectivity index (χ0n) is 10.9. The molecule has 5 heteroatoms. The topological polar surface area (TPSA) is 49.4 Å². The highest BCUT2D eigenvalue weighted by Crippen LogP contribution is 2.30. The molecular formula is C13H20N2O2S. The zero-order chi connectivity index (χ0) is 13.2. The molecule has 0 bridgehead atoms. The summed E-state index contributed by atoms with van der Waals surface area (Å²) in [5.74, 6) is 0.442. The van der Waals surface area contributed by atoms with E-state index in [1.807, 2.05) is 24.3 Å². The highest BCUT2D eigenvalue weighted by atomic mass is 32.2. The lowest BCUT2D eigenvalue weighted by atomic mass is 10.1. The van der Waals surface area contributed by atoms with E-state index < -0.39 is 9.84 Å². The first-order valence-electron chi connectivity index (χ1n) is 6.33. The minimum absolute atomic E-state index is 0.217. The number of para-hydroxylation sites is 2. The lowest BCUT2D eigenvalue weighted by molar-refractivity contribution is 0.591. The van der Waals surface area contributed by atoms with Crippen LogP contribution in [0.1, 0.15) is 13.8 Å². The van der Waals surface area contributed by atoms with Crippen LogP contribution in [0.15, 0.2) is 24.3 Å². The zero-order valence-corrected chi connectivity index (χ0v) is 11.7. The van der Waals surface area contributed by atoms with Crippen molar-refractivity contribution < 1.29 is 8.42 Å². The van der Waals surface area contributed by atoms with Crippen molar-refractivity contribution in [2.75, 3.05) is 34.8 Å². The summed E-state index contributed by atoms with van der Waals surface area (Å²) in [4.78, 5) is 2.18. The van der Waals surface area contributed by atoms with Crippen LogP contribution in [0.25, 0.3) is 0 Å². The van der Waals surface area contributed by atoms with E-state index in [2.05, 4.69) is 17.1 Å². The number of fused-ring (bicyclic) bond motifs is 1. The van der Waals surface area contributed by atoms with Crippen LogP contribution < -0.4 is 10.2 Å². The van der Waals surface area contributed by atoms with Gasteiger partial charge in [0.05, 0.1) is 17.1 Å². The maximum absolute atomic E-state index is 11.6. The molecule has 0 spiro atoms. The van der Waals surface area contributed by atoms with Crippen LogP contribution in [-0.4, -0.2) is 39.1 Å². The van der Waals surface area contributed by atoms with Gasteiger partial charge in [-0.15, -0.1) is 0 Å². The monoisotopic (exact) mass is 268 g/mol. The summed E-state index contributed by atoms with van der Waals surface area (Å²) >= 11 is 0. The Morgan fingerprint density at radius 1 is 1.39 bits per heavy atom. The molecule has 0 fully saturated rings. The van der Waals surface area contributed by atoms with Gasteiger partial charge in [-0.1, -0.05) is 19.1 Å². The number of sulfone groups is 1. The van der Waals surface area contributed by atoms with E-state index in [0.717, 1.165) is 17.9 Å². The SMILES string of the molecule is CCS(=O)(=O)CCN1c2ccccc2NCC1C. The third-order valence-electron chi connectivity index (χ3n) is 3.42. The predicted octanol–water partition coefficient (Wildman–Crippen LogP) is 1.74. The standard InChI is InChI=1S/C13H20N2O2S/c1-3-18(16,17)9-8-15-11(2)10-14-12-6-4-5-7-13(12)15/h4-7,11,14H,3,8-10H2,1-2H3. The van der Waals surface area contributed by atoms with Crippen molar-refractivity contribution >= 4 is 21.2 Å². The molecule has 1 unspecified atom stereocenters. The van der Waals surface area contributed by atoms with E-state index in [0.29, 0.717) is 12.6 Å². The average Bonchev–Trinajstić information content (AvgIpc) is 2.37. The smallest absolute Gasteiger partial charge is 0.151 e. The first kappa shape index (κ1) is 13.2. The van der Waals surface area contributed by atoms with E-state index in [4.69, 9.17) is 0 Å². The van der Waals surface area contributed by atoms with Gasteiger partial charge < -0.3 is 10.2 Å². The number of benzene rings is 1. The number of nitrogens with zero attached hydrogens (tertiary/aromatic N) is 1. The fourth-order valence-electron chi connectivity index (χ4n) is 2.20. The average molecular weight is 268 g/mol. The fourth-order valence-corrected chi connectivity index (χ4v) is 2.97. The Labute approximate surface area is 109 Å². The summed E-state index contributed by atoms with van der Waals surface area (Å²) in [5, 5.41) is 3.36. The summed E-state index contributed by atoms with van der Waals surface area (Å²) in [6.07, 6.45) is 0. The van der Waals surface area contributed by atoms with E-state index in [9.17, 15) is 8.42 Å². The molecule has 100 valence electrons. The molecule has 1 heterocycles. The Balaban J connectivity index is 2.17. The summed E-state index contributed by atoms with van der Waals surface area (Å²) in [6, 6.07) is 8.36. The van der Waals surface area contributed by atoms with Crippen molar-refractivity contribution in [2.45, 2.75) is 19.9 Å². The van der Waals surface area contributed by atoms with Gasteiger partial charge in [0.1, 0.15) is 0 Å². The number of nitrogens with one attached hydrogen (secondary N) is 1. The van der Waals surface area contributed by atoms with Crippen LogP contribution in [-0.2, 0) is 9.84 Å². The Morgan fingerprint density at radius 2 is 2.11 bits per heavy atom. The van der Waals surface area contributed by atoms with Gasteiger partial charge in [0, 0.05) is 24.9 Å². The molecule has 1 aliphatic heterocycles. The van der Waals surface area contributed by atoms with Gasteiger partial charge in [-0.25, -0.2) is 8.42 Å². The van der Waals surface area contributed by atoms with E-state index >= 15 is 0 Å². The first-order chi connectivity index (χ1) is 8.53. The molecule has 0 radical (unpaired) electrons. The summed E-state index contributed by atoms with van der Waals surface area (Å²) < 4.78 is 23.2.